The van der Waals surface area contributed by atoms with Crippen molar-refractivity contribution in [2.45, 2.75) is 39.4 Å². The van der Waals surface area contributed by atoms with Crippen LogP contribution < -0.4 is 11.1 Å². The molecule has 0 fully saturated rings. The number of ether oxygens (including phenoxy) is 2. The maximum atomic E-state index is 11.4. The predicted octanol–water partition coefficient (Wildman–Crippen LogP) is 0.200. The first-order valence-electron chi connectivity index (χ1n) is 6.35. The summed E-state index contributed by atoms with van der Waals surface area (Å²) in [6.45, 7) is 5.39. The van der Waals surface area contributed by atoms with Crippen molar-refractivity contribution in [3.8, 4) is 0 Å². The zero-order chi connectivity index (χ0) is 13.8. The Bertz CT molecular complexity index is 240. The summed E-state index contributed by atoms with van der Waals surface area (Å²) in [5.74, 6) is -0.254. The van der Waals surface area contributed by atoms with Gasteiger partial charge in [0.15, 0.2) is 6.29 Å². The minimum Gasteiger partial charge on any atom is -0.356 e. The van der Waals surface area contributed by atoms with Gasteiger partial charge in [0, 0.05) is 39.0 Å². The van der Waals surface area contributed by atoms with Crippen LogP contribution in [0, 0.1) is 0 Å². The standard InChI is InChI=1S/C12H24N2O4/c1-3-17-12(18-4-2)7-8-14-11(16)6-5-10(15)9-13/h12H,3-9,13H2,1-2H3,(H,14,16). The number of rotatable bonds is 11. The van der Waals surface area contributed by atoms with Gasteiger partial charge in [0.1, 0.15) is 5.78 Å². The van der Waals surface area contributed by atoms with Crippen LogP contribution in [0.5, 0.6) is 0 Å². The van der Waals surface area contributed by atoms with Crippen molar-refractivity contribution in [3.63, 3.8) is 0 Å². The Labute approximate surface area is 108 Å². The van der Waals surface area contributed by atoms with E-state index in [0.29, 0.717) is 26.2 Å². The average molecular weight is 260 g/mol. The van der Waals surface area contributed by atoms with E-state index in [1.54, 1.807) is 0 Å². The van der Waals surface area contributed by atoms with Gasteiger partial charge in [-0.2, -0.15) is 0 Å². The third-order valence-corrected chi connectivity index (χ3v) is 2.27. The molecule has 3 N–H and O–H groups in total. The van der Waals surface area contributed by atoms with Gasteiger partial charge in [-0.1, -0.05) is 0 Å². The molecule has 6 nitrogen and oxygen atoms in total. The first-order valence-corrected chi connectivity index (χ1v) is 6.35. The van der Waals surface area contributed by atoms with E-state index in [2.05, 4.69) is 5.32 Å². The summed E-state index contributed by atoms with van der Waals surface area (Å²) in [5.41, 5.74) is 5.15. The summed E-state index contributed by atoms with van der Waals surface area (Å²) >= 11 is 0. The number of ketones is 1. The quantitative estimate of drug-likeness (QED) is 0.518. The molecular weight excluding hydrogens is 236 g/mol. The van der Waals surface area contributed by atoms with Crippen molar-refractivity contribution in [2.75, 3.05) is 26.3 Å². The third kappa shape index (κ3) is 9.09. The summed E-state index contributed by atoms with van der Waals surface area (Å²) in [7, 11) is 0. The molecule has 0 rings (SSSR count). The zero-order valence-electron chi connectivity index (χ0n) is 11.2. The smallest absolute Gasteiger partial charge is 0.220 e. The summed E-state index contributed by atoms with van der Waals surface area (Å²) in [6, 6.07) is 0. The van der Waals surface area contributed by atoms with Gasteiger partial charge in [-0.25, -0.2) is 0 Å². The lowest BCUT2D eigenvalue weighted by Crippen LogP contribution is -2.29. The molecule has 1 amide bonds. The molecule has 0 atom stereocenters. The van der Waals surface area contributed by atoms with Crippen molar-refractivity contribution < 1.29 is 19.1 Å². The Morgan fingerprint density at radius 3 is 2.28 bits per heavy atom. The topological polar surface area (TPSA) is 90.7 Å². The number of amides is 1. The summed E-state index contributed by atoms with van der Waals surface area (Å²) < 4.78 is 10.7. The highest BCUT2D eigenvalue weighted by Gasteiger charge is 2.09. The fourth-order valence-corrected chi connectivity index (χ4v) is 1.36. The van der Waals surface area contributed by atoms with Crippen LogP contribution in [0.4, 0.5) is 0 Å². The first kappa shape index (κ1) is 17.0. The van der Waals surface area contributed by atoms with Gasteiger partial charge in [-0.05, 0) is 13.8 Å². The van der Waals surface area contributed by atoms with E-state index < -0.39 is 0 Å². The Kier molecular flexibility index (Phi) is 10.5. The van der Waals surface area contributed by atoms with Gasteiger partial charge < -0.3 is 20.5 Å². The van der Waals surface area contributed by atoms with Gasteiger partial charge in [-0.15, -0.1) is 0 Å². The average Bonchev–Trinajstić information content (AvgIpc) is 2.36. The minimum atomic E-state index is -0.286. The maximum absolute atomic E-state index is 11.4. The van der Waals surface area contributed by atoms with Crippen LogP contribution in [0.2, 0.25) is 0 Å². The fraction of sp³-hybridized carbons (Fsp3) is 0.833. The van der Waals surface area contributed by atoms with Crippen LogP contribution in [-0.2, 0) is 19.1 Å². The summed E-state index contributed by atoms with van der Waals surface area (Å²) in [5, 5.41) is 2.72. The Morgan fingerprint density at radius 1 is 1.17 bits per heavy atom. The van der Waals surface area contributed by atoms with E-state index in [0.717, 1.165) is 0 Å². The van der Waals surface area contributed by atoms with Crippen LogP contribution in [0.1, 0.15) is 33.1 Å². The Balaban J connectivity index is 3.67. The molecule has 0 aliphatic rings. The number of hydrogen-bond donors (Lipinski definition) is 2. The first-order chi connectivity index (χ1) is 8.63. The van der Waals surface area contributed by atoms with E-state index >= 15 is 0 Å². The Hall–Kier alpha value is -0.980. The van der Waals surface area contributed by atoms with Crippen molar-refractivity contribution in [3.05, 3.63) is 0 Å². The monoisotopic (exact) mass is 260 g/mol. The van der Waals surface area contributed by atoms with E-state index in [1.165, 1.54) is 0 Å². The molecule has 106 valence electrons. The molecule has 0 aliphatic carbocycles. The molecule has 0 unspecified atom stereocenters. The number of carbonyl (C=O) groups is 2. The largest absolute Gasteiger partial charge is 0.356 e. The molecule has 0 aromatic heterocycles. The molecular formula is C12H24N2O4. The van der Waals surface area contributed by atoms with E-state index in [4.69, 9.17) is 15.2 Å². The molecule has 0 saturated heterocycles. The molecule has 0 aliphatic heterocycles. The lowest BCUT2D eigenvalue weighted by molar-refractivity contribution is -0.140. The van der Waals surface area contributed by atoms with Crippen LogP contribution in [0.3, 0.4) is 0 Å². The number of carbonyl (C=O) groups excluding carboxylic acids is 2. The Morgan fingerprint density at radius 2 is 1.78 bits per heavy atom. The second-order valence-corrected chi connectivity index (χ2v) is 3.72. The predicted molar refractivity (Wildman–Crippen MR) is 68.0 cm³/mol. The normalized spacial score (nSPS) is 10.7. The number of Topliss-reactive ketones (excluding diaryl/α,β-unsaturated/α-hetero) is 1. The highest BCUT2D eigenvalue weighted by molar-refractivity contribution is 5.85. The van der Waals surface area contributed by atoms with Crippen LogP contribution in [0.15, 0.2) is 0 Å². The molecule has 0 aromatic carbocycles. The highest BCUT2D eigenvalue weighted by atomic mass is 16.7. The maximum Gasteiger partial charge on any atom is 0.220 e. The number of nitrogens with one attached hydrogen (secondary N) is 1. The van der Waals surface area contributed by atoms with Gasteiger partial charge in [0.2, 0.25) is 5.91 Å². The zero-order valence-corrected chi connectivity index (χ0v) is 11.2. The summed E-state index contributed by atoms with van der Waals surface area (Å²) in [6.07, 6.45) is 0.691. The van der Waals surface area contributed by atoms with Crippen molar-refractivity contribution >= 4 is 11.7 Å². The van der Waals surface area contributed by atoms with Gasteiger partial charge in [-0.3, -0.25) is 9.59 Å². The number of hydrogen-bond acceptors (Lipinski definition) is 5. The molecule has 0 saturated carbocycles. The minimum absolute atomic E-state index is 0.00989. The molecule has 0 aromatic rings. The number of nitrogens with two attached hydrogens (primary N) is 1. The molecule has 18 heavy (non-hydrogen) atoms. The van der Waals surface area contributed by atoms with Gasteiger partial charge in [0.25, 0.3) is 0 Å². The third-order valence-electron chi connectivity index (χ3n) is 2.27. The van der Waals surface area contributed by atoms with E-state index in [9.17, 15) is 9.59 Å². The van der Waals surface area contributed by atoms with Gasteiger partial charge >= 0.3 is 0 Å². The molecule has 6 heteroatoms. The molecule has 0 spiro atoms. The lowest BCUT2D eigenvalue weighted by Gasteiger charge is -2.16. The van der Waals surface area contributed by atoms with Gasteiger partial charge in [0.05, 0.1) is 6.54 Å². The summed E-state index contributed by atoms with van der Waals surface area (Å²) in [4.78, 5) is 22.3. The molecule has 0 bridgehead atoms. The van der Waals surface area contributed by atoms with Crippen molar-refractivity contribution in [1.29, 1.82) is 0 Å². The van der Waals surface area contributed by atoms with E-state index in [-0.39, 0.29) is 37.4 Å². The van der Waals surface area contributed by atoms with E-state index in [1.807, 2.05) is 13.8 Å². The van der Waals surface area contributed by atoms with Crippen LogP contribution >= 0.6 is 0 Å². The fourth-order valence-electron chi connectivity index (χ4n) is 1.36. The van der Waals surface area contributed by atoms with Crippen molar-refractivity contribution in [2.24, 2.45) is 5.73 Å². The van der Waals surface area contributed by atoms with Crippen molar-refractivity contribution in [1.82, 2.24) is 5.32 Å². The lowest BCUT2D eigenvalue weighted by atomic mass is 10.2. The van der Waals surface area contributed by atoms with Crippen LogP contribution in [0.25, 0.3) is 0 Å². The SMILES string of the molecule is CCOC(CCNC(=O)CCC(=O)CN)OCC. The highest BCUT2D eigenvalue weighted by Crippen LogP contribution is 2.00. The second kappa shape index (κ2) is 11.1. The molecule has 0 heterocycles. The molecule has 0 radical (unpaired) electrons. The van der Waals surface area contributed by atoms with Crippen LogP contribution in [-0.4, -0.2) is 44.3 Å². The second-order valence-electron chi connectivity index (χ2n) is 3.72.